The second-order valence-electron chi connectivity index (χ2n) is 4.51. The molecule has 1 aromatic rings. The molecule has 0 radical (unpaired) electrons. The Morgan fingerprint density at radius 2 is 1.56 bits per heavy atom. The molecule has 1 aliphatic carbocycles. The van der Waals surface area contributed by atoms with Crippen molar-refractivity contribution in [1.82, 2.24) is 0 Å². The number of Topliss-reactive ketones (excluding diaryl/α,β-unsaturated/α-hetero) is 2. The monoisotopic (exact) mass is 246 g/mol. The molecular formula is C16H22O2. The maximum absolute atomic E-state index is 11.9. The van der Waals surface area contributed by atoms with Crippen LogP contribution in [0.4, 0.5) is 0 Å². The van der Waals surface area contributed by atoms with E-state index in [2.05, 4.69) is 0 Å². The molecule has 1 atom stereocenters. The first-order valence-electron chi connectivity index (χ1n) is 6.78. The minimum atomic E-state index is -0.0629. The summed E-state index contributed by atoms with van der Waals surface area (Å²) in [7, 11) is 0. The highest BCUT2D eigenvalue weighted by Gasteiger charge is 2.25. The Balaban J connectivity index is 0.000000771. The van der Waals surface area contributed by atoms with Gasteiger partial charge in [0.15, 0.2) is 0 Å². The molecule has 0 aromatic heterocycles. The van der Waals surface area contributed by atoms with E-state index in [1.807, 2.05) is 45.0 Å². The molecule has 2 nitrogen and oxygen atoms in total. The molecule has 2 heteroatoms. The Kier molecular flexibility index (Phi) is 5.76. The second-order valence-corrected chi connectivity index (χ2v) is 4.51. The van der Waals surface area contributed by atoms with E-state index >= 15 is 0 Å². The highest BCUT2D eigenvalue weighted by molar-refractivity contribution is 5.92. The van der Waals surface area contributed by atoms with E-state index in [0.717, 1.165) is 5.56 Å². The Morgan fingerprint density at radius 3 is 2.17 bits per heavy atom. The van der Waals surface area contributed by atoms with Crippen molar-refractivity contribution < 1.29 is 9.59 Å². The summed E-state index contributed by atoms with van der Waals surface area (Å²) in [6, 6.07) is 8.06. The van der Waals surface area contributed by atoms with Gasteiger partial charge in [0.25, 0.3) is 0 Å². The summed E-state index contributed by atoms with van der Waals surface area (Å²) in [5.41, 5.74) is 2.26. The Bertz CT molecular complexity index is 404. The van der Waals surface area contributed by atoms with Crippen molar-refractivity contribution in [3.05, 3.63) is 35.4 Å². The molecule has 0 bridgehead atoms. The van der Waals surface area contributed by atoms with Gasteiger partial charge in [-0.15, -0.1) is 0 Å². The molecule has 18 heavy (non-hydrogen) atoms. The van der Waals surface area contributed by atoms with E-state index in [0.29, 0.717) is 25.7 Å². The van der Waals surface area contributed by atoms with Gasteiger partial charge in [-0.05, 0) is 18.9 Å². The lowest BCUT2D eigenvalue weighted by Gasteiger charge is -2.12. The van der Waals surface area contributed by atoms with Gasteiger partial charge in [0.1, 0.15) is 11.6 Å². The molecule has 1 fully saturated rings. The van der Waals surface area contributed by atoms with Crippen LogP contribution in [0.15, 0.2) is 24.3 Å². The van der Waals surface area contributed by atoms with Crippen molar-refractivity contribution in [3.63, 3.8) is 0 Å². The van der Waals surface area contributed by atoms with Gasteiger partial charge in [-0.25, -0.2) is 0 Å². The third-order valence-electron chi connectivity index (χ3n) is 3.23. The average molecular weight is 246 g/mol. The third kappa shape index (κ3) is 3.80. The van der Waals surface area contributed by atoms with E-state index < -0.39 is 0 Å². The van der Waals surface area contributed by atoms with Gasteiger partial charge in [0.2, 0.25) is 0 Å². The highest BCUT2D eigenvalue weighted by Crippen LogP contribution is 2.27. The van der Waals surface area contributed by atoms with Crippen molar-refractivity contribution in [3.8, 4) is 0 Å². The molecule has 0 heterocycles. The quantitative estimate of drug-likeness (QED) is 0.706. The number of ketones is 2. The van der Waals surface area contributed by atoms with Crippen LogP contribution in [-0.4, -0.2) is 11.6 Å². The Hall–Kier alpha value is -1.44. The first-order chi connectivity index (χ1) is 8.66. The van der Waals surface area contributed by atoms with Crippen LogP contribution in [0.5, 0.6) is 0 Å². The number of carbonyl (C=O) groups excluding carboxylic acids is 2. The lowest BCUT2D eigenvalue weighted by molar-refractivity contribution is -0.122. The van der Waals surface area contributed by atoms with Gasteiger partial charge in [-0.1, -0.05) is 43.7 Å². The zero-order valence-corrected chi connectivity index (χ0v) is 11.5. The maximum atomic E-state index is 11.9. The van der Waals surface area contributed by atoms with Crippen molar-refractivity contribution >= 4 is 11.6 Å². The highest BCUT2D eigenvalue weighted by atomic mass is 16.1. The lowest BCUT2D eigenvalue weighted by atomic mass is 9.90. The number of aryl methyl sites for hydroxylation is 1. The van der Waals surface area contributed by atoms with Gasteiger partial charge >= 0.3 is 0 Å². The third-order valence-corrected chi connectivity index (χ3v) is 3.23. The second kappa shape index (κ2) is 7.10. The average Bonchev–Trinajstić information content (AvgIpc) is 2.56. The van der Waals surface area contributed by atoms with Crippen molar-refractivity contribution in [2.75, 3.05) is 0 Å². The van der Waals surface area contributed by atoms with Crippen LogP contribution in [0.2, 0.25) is 0 Å². The van der Waals surface area contributed by atoms with Gasteiger partial charge in [-0.2, -0.15) is 0 Å². The van der Waals surface area contributed by atoms with E-state index in [1.54, 1.807) is 0 Å². The van der Waals surface area contributed by atoms with E-state index in [1.165, 1.54) is 5.56 Å². The van der Waals surface area contributed by atoms with Crippen molar-refractivity contribution in [2.45, 2.75) is 52.4 Å². The molecule has 1 unspecified atom stereocenters. The van der Waals surface area contributed by atoms with E-state index in [9.17, 15) is 9.59 Å². The van der Waals surface area contributed by atoms with Gasteiger partial charge in [0, 0.05) is 25.2 Å². The van der Waals surface area contributed by atoms with Gasteiger partial charge in [0.05, 0.1) is 0 Å². The van der Waals surface area contributed by atoms with Crippen molar-refractivity contribution in [2.24, 2.45) is 0 Å². The molecule has 0 saturated heterocycles. The number of hydrogen-bond donors (Lipinski definition) is 0. The van der Waals surface area contributed by atoms with E-state index in [4.69, 9.17) is 0 Å². The maximum Gasteiger partial charge on any atom is 0.140 e. The fourth-order valence-electron chi connectivity index (χ4n) is 2.18. The summed E-state index contributed by atoms with van der Waals surface area (Å²) in [6.07, 6.45) is 2.07. The molecule has 1 aliphatic rings. The molecule has 0 aliphatic heterocycles. The predicted octanol–water partition coefficient (Wildman–Crippen LogP) is 3.82. The number of carbonyl (C=O) groups is 2. The minimum absolute atomic E-state index is 0.0629. The summed E-state index contributed by atoms with van der Waals surface area (Å²) >= 11 is 0. The van der Waals surface area contributed by atoms with Crippen LogP contribution in [0.3, 0.4) is 0 Å². The number of hydrogen-bond acceptors (Lipinski definition) is 2. The molecule has 0 N–H and O–H groups in total. The minimum Gasteiger partial charge on any atom is -0.300 e. The van der Waals surface area contributed by atoms with Crippen molar-refractivity contribution in [1.29, 1.82) is 0 Å². The molecule has 1 saturated carbocycles. The Morgan fingerprint density at radius 1 is 0.944 bits per heavy atom. The van der Waals surface area contributed by atoms with Crippen LogP contribution in [0.25, 0.3) is 0 Å². The molecular weight excluding hydrogens is 224 g/mol. The van der Waals surface area contributed by atoms with Crippen LogP contribution < -0.4 is 0 Å². The topological polar surface area (TPSA) is 34.1 Å². The van der Waals surface area contributed by atoms with Gasteiger partial charge < -0.3 is 0 Å². The summed E-state index contributed by atoms with van der Waals surface area (Å²) in [5, 5.41) is 0. The number of rotatable bonds is 1. The molecule has 98 valence electrons. The smallest absolute Gasteiger partial charge is 0.140 e. The summed E-state index contributed by atoms with van der Waals surface area (Å²) in [4.78, 5) is 23.2. The first kappa shape index (κ1) is 14.6. The van der Waals surface area contributed by atoms with Gasteiger partial charge in [-0.3, -0.25) is 9.59 Å². The summed E-state index contributed by atoms with van der Waals surface area (Å²) in [5.74, 6) is 0.379. The largest absolute Gasteiger partial charge is 0.300 e. The predicted molar refractivity (Wildman–Crippen MR) is 73.8 cm³/mol. The fourth-order valence-corrected chi connectivity index (χ4v) is 2.18. The standard InChI is InChI=1S/C14H16O2.C2H6/c1-10-2-4-11(5-3-10)13-8-6-12(15)7-9-14(13)16;1-2/h2-5,13H,6-9H2,1H3;1-2H3. The zero-order valence-electron chi connectivity index (χ0n) is 11.5. The normalized spacial score (nSPS) is 19.8. The van der Waals surface area contributed by atoms with Crippen LogP contribution in [0.1, 0.15) is 56.6 Å². The first-order valence-corrected chi connectivity index (χ1v) is 6.78. The summed E-state index contributed by atoms with van der Waals surface area (Å²) in [6.45, 7) is 6.03. The molecule has 0 amide bonds. The van der Waals surface area contributed by atoms with E-state index in [-0.39, 0.29) is 17.5 Å². The Labute approximate surface area is 109 Å². The molecule has 2 rings (SSSR count). The lowest BCUT2D eigenvalue weighted by Crippen LogP contribution is -2.10. The number of benzene rings is 1. The summed E-state index contributed by atoms with van der Waals surface area (Å²) < 4.78 is 0. The molecule has 0 spiro atoms. The van der Waals surface area contributed by atoms with Crippen LogP contribution in [-0.2, 0) is 9.59 Å². The molecule has 1 aromatic carbocycles. The van der Waals surface area contributed by atoms with Crippen LogP contribution in [0, 0.1) is 6.92 Å². The SMILES string of the molecule is CC.Cc1ccc(C2CCC(=O)CCC2=O)cc1. The van der Waals surface area contributed by atoms with Crippen LogP contribution >= 0.6 is 0 Å². The fraction of sp³-hybridized carbons (Fsp3) is 0.500. The zero-order chi connectivity index (χ0) is 13.5.